The normalized spacial score (nSPS) is 25.7. The molecule has 0 bridgehead atoms. The summed E-state index contributed by atoms with van der Waals surface area (Å²) in [5.74, 6) is 0.394. The Balaban J connectivity index is 0.000000671. The molecule has 3 heteroatoms. The first kappa shape index (κ1) is 12.3. The van der Waals surface area contributed by atoms with E-state index in [1.54, 1.807) is 6.92 Å². The van der Waals surface area contributed by atoms with E-state index in [9.17, 15) is 9.59 Å². The van der Waals surface area contributed by atoms with Crippen LogP contribution >= 0.6 is 0 Å². The lowest BCUT2D eigenvalue weighted by atomic mass is 9.92. The summed E-state index contributed by atoms with van der Waals surface area (Å²) in [4.78, 5) is 21.5. The van der Waals surface area contributed by atoms with Crippen molar-refractivity contribution >= 4 is 11.6 Å². The van der Waals surface area contributed by atoms with E-state index in [-0.39, 0.29) is 23.7 Å². The highest BCUT2D eigenvalue weighted by molar-refractivity contribution is 5.94. The van der Waals surface area contributed by atoms with E-state index in [4.69, 9.17) is 0 Å². The van der Waals surface area contributed by atoms with Crippen LogP contribution in [-0.4, -0.2) is 23.7 Å². The highest BCUT2D eigenvalue weighted by Gasteiger charge is 2.34. The molecule has 0 aromatic heterocycles. The number of carbonyl (C=O) groups excluding carboxylic acids is 2. The number of Topliss-reactive ketones (excluding diaryl/α,β-unsaturated/α-hetero) is 2. The Bertz CT molecular complexity index is 189. The maximum atomic E-state index is 11.0. The molecule has 1 aliphatic heterocycles. The minimum Gasteiger partial charge on any atom is -0.300 e. The Hall–Kier alpha value is -0.700. The van der Waals surface area contributed by atoms with E-state index in [1.165, 1.54) is 0 Å². The maximum absolute atomic E-state index is 11.0. The fourth-order valence-electron chi connectivity index (χ4n) is 1.24. The van der Waals surface area contributed by atoms with Crippen molar-refractivity contribution in [2.24, 2.45) is 0 Å². The van der Waals surface area contributed by atoms with Gasteiger partial charge in [0.05, 0.1) is 12.1 Å². The number of carbonyl (C=O) groups is 2. The molecular weight excluding hydrogens is 166 g/mol. The predicted molar refractivity (Wildman–Crippen MR) is 52.7 cm³/mol. The second-order valence-electron chi connectivity index (χ2n) is 3.08. The van der Waals surface area contributed by atoms with Crippen molar-refractivity contribution in [1.29, 1.82) is 0 Å². The van der Waals surface area contributed by atoms with Gasteiger partial charge in [0.2, 0.25) is 0 Å². The third-order valence-corrected chi connectivity index (χ3v) is 2.01. The van der Waals surface area contributed by atoms with Gasteiger partial charge in [0.15, 0.2) is 5.78 Å². The maximum Gasteiger partial charge on any atom is 0.166 e. The van der Waals surface area contributed by atoms with Gasteiger partial charge in [-0.25, -0.2) is 0 Å². The monoisotopic (exact) mass is 185 g/mol. The van der Waals surface area contributed by atoms with E-state index in [1.807, 2.05) is 20.8 Å². The third-order valence-electron chi connectivity index (χ3n) is 2.01. The molecule has 1 aliphatic rings. The lowest BCUT2D eigenvalue weighted by molar-refractivity contribution is -0.130. The van der Waals surface area contributed by atoms with E-state index < -0.39 is 0 Å². The molecule has 1 saturated heterocycles. The number of nitrogens with one attached hydrogen (secondary N) is 1. The molecule has 1 N–H and O–H groups in total. The summed E-state index contributed by atoms with van der Waals surface area (Å²) in [6.45, 7) is 7.39. The summed E-state index contributed by atoms with van der Waals surface area (Å²) in [5.41, 5.74) is 0. The van der Waals surface area contributed by atoms with Crippen molar-refractivity contribution in [3.63, 3.8) is 0 Å². The summed E-state index contributed by atoms with van der Waals surface area (Å²) in [7, 11) is 0. The molecule has 2 unspecified atom stereocenters. The SMILES string of the molecule is CC.CC(=O)CCC1NC(C)C1=O. The van der Waals surface area contributed by atoms with Gasteiger partial charge in [-0.3, -0.25) is 10.1 Å². The first-order valence-electron chi connectivity index (χ1n) is 4.90. The number of hydrogen-bond donors (Lipinski definition) is 1. The molecule has 13 heavy (non-hydrogen) atoms. The van der Waals surface area contributed by atoms with Crippen LogP contribution in [0.25, 0.3) is 0 Å². The molecule has 2 atom stereocenters. The van der Waals surface area contributed by atoms with Crippen molar-refractivity contribution in [3.8, 4) is 0 Å². The quantitative estimate of drug-likeness (QED) is 0.721. The summed E-state index contributed by atoms with van der Waals surface area (Å²) >= 11 is 0. The zero-order valence-electron chi connectivity index (χ0n) is 8.89. The van der Waals surface area contributed by atoms with E-state index in [2.05, 4.69) is 5.32 Å². The molecule has 1 fully saturated rings. The predicted octanol–water partition coefficient (Wildman–Crippen LogP) is 1.31. The molecule has 0 aliphatic carbocycles. The minimum absolute atomic E-state index is 0.00644. The zero-order valence-corrected chi connectivity index (χ0v) is 8.89. The average Bonchev–Trinajstić information content (AvgIpc) is 2.14. The second kappa shape index (κ2) is 5.86. The van der Waals surface area contributed by atoms with Gasteiger partial charge in [-0.1, -0.05) is 13.8 Å². The van der Waals surface area contributed by atoms with E-state index >= 15 is 0 Å². The summed E-state index contributed by atoms with van der Waals surface area (Å²) in [6.07, 6.45) is 1.18. The smallest absolute Gasteiger partial charge is 0.166 e. The van der Waals surface area contributed by atoms with Crippen molar-refractivity contribution in [2.75, 3.05) is 0 Å². The lowest BCUT2D eigenvalue weighted by Crippen LogP contribution is -2.60. The Morgan fingerprint density at radius 2 is 2.00 bits per heavy atom. The molecule has 0 spiro atoms. The second-order valence-corrected chi connectivity index (χ2v) is 3.08. The first-order valence-corrected chi connectivity index (χ1v) is 4.90. The highest BCUT2D eigenvalue weighted by Crippen LogP contribution is 2.11. The van der Waals surface area contributed by atoms with Crippen molar-refractivity contribution in [1.82, 2.24) is 5.32 Å². The van der Waals surface area contributed by atoms with Gasteiger partial charge in [-0.05, 0) is 20.3 Å². The molecule has 0 amide bonds. The molecule has 0 saturated carbocycles. The Labute approximate surface area is 79.9 Å². The Morgan fingerprint density at radius 1 is 1.46 bits per heavy atom. The fourth-order valence-corrected chi connectivity index (χ4v) is 1.24. The summed E-state index contributed by atoms with van der Waals surface area (Å²) < 4.78 is 0. The minimum atomic E-state index is -0.0473. The van der Waals surface area contributed by atoms with Crippen LogP contribution in [0.5, 0.6) is 0 Å². The van der Waals surface area contributed by atoms with Gasteiger partial charge < -0.3 is 4.79 Å². The fraction of sp³-hybridized carbons (Fsp3) is 0.800. The van der Waals surface area contributed by atoms with Crippen LogP contribution < -0.4 is 5.32 Å². The van der Waals surface area contributed by atoms with Crippen LogP contribution in [0.3, 0.4) is 0 Å². The van der Waals surface area contributed by atoms with Crippen LogP contribution in [0.4, 0.5) is 0 Å². The van der Waals surface area contributed by atoms with Crippen LogP contribution in [-0.2, 0) is 9.59 Å². The van der Waals surface area contributed by atoms with Crippen molar-refractivity contribution in [3.05, 3.63) is 0 Å². The van der Waals surface area contributed by atoms with Gasteiger partial charge >= 0.3 is 0 Å². The van der Waals surface area contributed by atoms with Gasteiger partial charge in [0.25, 0.3) is 0 Å². The zero-order chi connectivity index (χ0) is 10.4. The van der Waals surface area contributed by atoms with Crippen LogP contribution in [0.2, 0.25) is 0 Å². The Kier molecular flexibility index (Phi) is 5.55. The molecule has 1 heterocycles. The average molecular weight is 185 g/mol. The van der Waals surface area contributed by atoms with E-state index in [0.717, 1.165) is 0 Å². The molecule has 0 aromatic carbocycles. The molecule has 3 nitrogen and oxygen atoms in total. The summed E-state index contributed by atoms with van der Waals surface area (Å²) in [6, 6.07) is -0.0409. The number of rotatable bonds is 3. The molecule has 1 rings (SSSR count). The third kappa shape index (κ3) is 3.68. The van der Waals surface area contributed by atoms with E-state index in [0.29, 0.717) is 12.8 Å². The van der Waals surface area contributed by atoms with Crippen LogP contribution in [0.15, 0.2) is 0 Å². The largest absolute Gasteiger partial charge is 0.300 e. The Morgan fingerprint density at radius 3 is 2.31 bits per heavy atom. The molecule has 0 radical (unpaired) electrons. The first-order chi connectivity index (χ1) is 6.11. The van der Waals surface area contributed by atoms with Gasteiger partial charge in [0.1, 0.15) is 5.78 Å². The summed E-state index contributed by atoms with van der Waals surface area (Å²) in [5, 5.41) is 3.05. The standard InChI is InChI=1S/C8H13NO2.C2H6/c1-5(10)3-4-7-8(11)6(2)9-7;1-2/h6-7,9H,3-4H2,1-2H3;1-2H3. The number of hydrogen-bond acceptors (Lipinski definition) is 3. The van der Waals surface area contributed by atoms with Gasteiger partial charge in [-0.15, -0.1) is 0 Å². The van der Waals surface area contributed by atoms with Crippen molar-refractivity contribution in [2.45, 2.75) is 52.6 Å². The topological polar surface area (TPSA) is 46.2 Å². The molecular formula is C10H19NO2. The highest BCUT2D eigenvalue weighted by atomic mass is 16.1. The number of ketones is 2. The van der Waals surface area contributed by atoms with Crippen LogP contribution in [0, 0.1) is 0 Å². The van der Waals surface area contributed by atoms with Crippen LogP contribution in [0.1, 0.15) is 40.5 Å². The van der Waals surface area contributed by atoms with Gasteiger partial charge in [-0.2, -0.15) is 0 Å². The molecule has 76 valence electrons. The van der Waals surface area contributed by atoms with Gasteiger partial charge in [0, 0.05) is 6.42 Å². The molecule has 0 aromatic rings. The van der Waals surface area contributed by atoms with Crippen molar-refractivity contribution < 1.29 is 9.59 Å². The lowest BCUT2D eigenvalue weighted by Gasteiger charge is -2.32.